The van der Waals surface area contributed by atoms with Gasteiger partial charge in [0.2, 0.25) is 5.90 Å². The van der Waals surface area contributed by atoms with Gasteiger partial charge in [0, 0.05) is 10.5 Å². The number of nitrogens with zero attached hydrogens (tertiary/aromatic N) is 1. The maximum absolute atomic E-state index is 5.85. The van der Waals surface area contributed by atoms with Crippen molar-refractivity contribution >= 4 is 17.7 Å². The van der Waals surface area contributed by atoms with Crippen LogP contribution in [0.2, 0.25) is 0 Å². The van der Waals surface area contributed by atoms with Crippen LogP contribution in [0, 0.1) is 0 Å². The molecule has 22 heavy (non-hydrogen) atoms. The number of benzene rings is 2. The van der Waals surface area contributed by atoms with E-state index >= 15 is 0 Å². The quantitative estimate of drug-likeness (QED) is 0.772. The molecule has 0 bridgehead atoms. The van der Waals surface area contributed by atoms with E-state index in [9.17, 15) is 0 Å². The van der Waals surface area contributed by atoms with E-state index in [-0.39, 0.29) is 5.54 Å². The van der Waals surface area contributed by atoms with Gasteiger partial charge in [-0.2, -0.15) is 0 Å². The lowest BCUT2D eigenvalue weighted by molar-refractivity contribution is 0.279. The van der Waals surface area contributed by atoms with Gasteiger partial charge in [-0.3, -0.25) is 0 Å². The standard InChI is InChI=1S/C19H21NOS/c1-19(2)13-21-18(20-19)17-10-9-16(22-3)12-15(17)11-14-7-5-4-6-8-14/h4-10,12H,11,13H2,1-3H3. The Morgan fingerprint density at radius 1 is 1.14 bits per heavy atom. The van der Waals surface area contributed by atoms with Crippen molar-refractivity contribution in [2.45, 2.75) is 30.7 Å². The summed E-state index contributed by atoms with van der Waals surface area (Å²) < 4.78 is 5.85. The molecule has 0 unspecified atom stereocenters. The molecule has 3 heteroatoms. The minimum Gasteiger partial charge on any atom is -0.475 e. The first-order valence-electron chi connectivity index (χ1n) is 7.51. The average Bonchev–Trinajstić information content (AvgIpc) is 2.88. The molecule has 0 aliphatic carbocycles. The molecule has 0 spiro atoms. The van der Waals surface area contributed by atoms with Crippen molar-refractivity contribution in [3.8, 4) is 0 Å². The average molecular weight is 311 g/mol. The molecule has 0 atom stereocenters. The molecular formula is C19H21NOS. The van der Waals surface area contributed by atoms with E-state index in [4.69, 9.17) is 9.73 Å². The van der Waals surface area contributed by atoms with Gasteiger partial charge in [0.15, 0.2) is 0 Å². The number of rotatable bonds is 4. The van der Waals surface area contributed by atoms with Crippen LogP contribution in [0.5, 0.6) is 0 Å². The monoisotopic (exact) mass is 311 g/mol. The van der Waals surface area contributed by atoms with Gasteiger partial charge >= 0.3 is 0 Å². The van der Waals surface area contributed by atoms with Gasteiger partial charge in [0.25, 0.3) is 0 Å². The Morgan fingerprint density at radius 2 is 1.91 bits per heavy atom. The van der Waals surface area contributed by atoms with Gasteiger partial charge < -0.3 is 4.74 Å². The highest BCUT2D eigenvalue weighted by Crippen LogP contribution is 2.27. The molecule has 1 aliphatic rings. The van der Waals surface area contributed by atoms with Gasteiger partial charge in [-0.25, -0.2) is 4.99 Å². The first-order chi connectivity index (χ1) is 10.6. The second-order valence-corrected chi connectivity index (χ2v) is 7.08. The zero-order valence-electron chi connectivity index (χ0n) is 13.3. The van der Waals surface area contributed by atoms with Crippen molar-refractivity contribution in [2.75, 3.05) is 12.9 Å². The zero-order valence-corrected chi connectivity index (χ0v) is 14.1. The Labute approximate surface area is 136 Å². The van der Waals surface area contributed by atoms with Crippen molar-refractivity contribution in [2.24, 2.45) is 4.99 Å². The van der Waals surface area contributed by atoms with E-state index in [1.807, 2.05) is 0 Å². The van der Waals surface area contributed by atoms with Crippen LogP contribution in [-0.4, -0.2) is 24.3 Å². The van der Waals surface area contributed by atoms with Gasteiger partial charge in [0.1, 0.15) is 6.61 Å². The molecule has 2 nitrogen and oxygen atoms in total. The van der Waals surface area contributed by atoms with Crippen molar-refractivity contribution in [1.82, 2.24) is 0 Å². The molecule has 114 valence electrons. The van der Waals surface area contributed by atoms with Crippen LogP contribution in [0.25, 0.3) is 0 Å². The molecule has 0 amide bonds. The van der Waals surface area contributed by atoms with Crippen molar-refractivity contribution in [3.05, 3.63) is 65.2 Å². The third-order valence-electron chi connectivity index (χ3n) is 3.75. The van der Waals surface area contributed by atoms with Crippen LogP contribution in [0.4, 0.5) is 0 Å². The molecule has 2 aromatic carbocycles. The number of ether oxygens (including phenoxy) is 1. The summed E-state index contributed by atoms with van der Waals surface area (Å²) >= 11 is 1.76. The number of thioether (sulfide) groups is 1. The van der Waals surface area contributed by atoms with E-state index < -0.39 is 0 Å². The summed E-state index contributed by atoms with van der Waals surface area (Å²) in [6.07, 6.45) is 3.00. The van der Waals surface area contributed by atoms with Crippen LogP contribution < -0.4 is 0 Å². The minimum atomic E-state index is -0.127. The summed E-state index contributed by atoms with van der Waals surface area (Å²) in [7, 11) is 0. The minimum absolute atomic E-state index is 0.127. The topological polar surface area (TPSA) is 21.6 Å². The SMILES string of the molecule is CSc1ccc(C2=NC(C)(C)CO2)c(Cc2ccccc2)c1. The van der Waals surface area contributed by atoms with Crippen molar-refractivity contribution in [3.63, 3.8) is 0 Å². The van der Waals surface area contributed by atoms with Gasteiger partial charge in [-0.05, 0) is 55.9 Å². The molecule has 1 aliphatic heterocycles. The van der Waals surface area contributed by atoms with E-state index in [0.717, 1.165) is 17.9 Å². The molecule has 0 N–H and O–H groups in total. The van der Waals surface area contributed by atoms with E-state index in [0.29, 0.717) is 6.61 Å². The maximum Gasteiger partial charge on any atom is 0.217 e. The number of hydrogen-bond acceptors (Lipinski definition) is 3. The fourth-order valence-electron chi connectivity index (χ4n) is 2.59. The number of aliphatic imine (C=N–C) groups is 1. The Morgan fingerprint density at radius 3 is 2.55 bits per heavy atom. The Kier molecular flexibility index (Phi) is 4.25. The van der Waals surface area contributed by atoms with Crippen LogP contribution in [0.15, 0.2) is 58.4 Å². The number of hydrogen-bond donors (Lipinski definition) is 0. The summed E-state index contributed by atoms with van der Waals surface area (Å²) in [5.74, 6) is 0.781. The van der Waals surface area contributed by atoms with Crippen LogP contribution in [-0.2, 0) is 11.2 Å². The second kappa shape index (κ2) is 6.17. The van der Waals surface area contributed by atoms with Crippen LogP contribution in [0.3, 0.4) is 0 Å². The van der Waals surface area contributed by atoms with Gasteiger partial charge in [-0.1, -0.05) is 30.3 Å². The molecule has 1 heterocycles. The third kappa shape index (κ3) is 3.36. The predicted molar refractivity (Wildman–Crippen MR) is 94.0 cm³/mol. The highest BCUT2D eigenvalue weighted by Gasteiger charge is 2.28. The Bertz CT molecular complexity index is 692. The molecule has 0 aromatic heterocycles. The Balaban J connectivity index is 1.99. The maximum atomic E-state index is 5.85. The Hall–Kier alpha value is -1.74. The van der Waals surface area contributed by atoms with Crippen LogP contribution in [0.1, 0.15) is 30.5 Å². The molecular weight excluding hydrogens is 290 g/mol. The first kappa shape index (κ1) is 15.2. The molecule has 0 fully saturated rings. The van der Waals surface area contributed by atoms with Gasteiger partial charge in [-0.15, -0.1) is 11.8 Å². The zero-order chi connectivity index (χ0) is 15.6. The third-order valence-corrected chi connectivity index (χ3v) is 4.47. The smallest absolute Gasteiger partial charge is 0.217 e. The highest BCUT2D eigenvalue weighted by molar-refractivity contribution is 7.98. The second-order valence-electron chi connectivity index (χ2n) is 6.20. The lowest BCUT2D eigenvalue weighted by Crippen LogP contribution is -2.17. The lowest BCUT2D eigenvalue weighted by atomic mass is 9.99. The van der Waals surface area contributed by atoms with Crippen molar-refractivity contribution in [1.29, 1.82) is 0 Å². The lowest BCUT2D eigenvalue weighted by Gasteiger charge is -2.11. The molecule has 2 aromatic rings. The normalized spacial score (nSPS) is 16.2. The van der Waals surface area contributed by atoms with E-state index in [2.05, 4.69) is 68.6 Å². The summed E-state index contributed by atoms with van der Waals surface area (Å²) in [5.41, 5.74) is 3.57. The predicted octanol–water partition coefficient (Wildman–Crippen LogP) is 4.55. The summed E-state index contributed by atoms with van der Waals surface area (Å²) in [4.78, 5) is 6.01. The summed E-state index contributed by atoms with van der Waals surface area (Å²) in [6.45, 7) is 4.86. The fraction of sp³-hybridized carbons (Fsp3) is 0.316. The summed E-state index contributed by atoms with van der Waals surface area (Å²) in [5, 5.41) is 0. The molecule has 0 saturated carbocycles. The summed E-state index contributed by atoms with van der Waals surface area (Å²) in [6, 6.07) is 17.1. The molecule has 0 radical (unpaired) electrons. The van der Waals surface area contributed by atoms with E-state index in [1.165, 1.54) is 16.0 Å². The fourth-order valence-corrected chi connectivity index (χ4v) is 3.05. The van der Waals surface area contributed by atoms with Gasteiger partial charge in [0.05, 0.1) is 5.54 Å². The first-order valence-corrected chi connectivity index (χ1v) is 8.74. The highest BCUT2D eigenvalue weighted by atomic mass is 32.2. The van der Waals surface area contributed by atoms with E-state index in [1.54, 1.807) is 11.8 Å². The van der Waals surface area contributed by atoms with Crippen molar-refractivity contribution < 1.29 is 4.74 Å². The van der Waals surface area contributed by atoms with Crippen LogP contribution >= 0.6 is 11.8 Å². The largest absolute Gasteiger partial charge is 0.475 e. The molecule has 0 saturated heterocycles. The molecule has 3 rings (SSSR count).